The molecular formula is C23H24N2O5. The van der Waals surface area contributed by atoms with Crippen LogP contribution in [0.2, 0.25) is 0 Å². The summed E-state index contributed by atoms with van der Waals surface area (Å²) >= 11 is 0. The summed E-state index contributed by atoms with van der Waals surface area (Å²) in [6.45, 7) is 6.88. The van der Waals surface area contributed by atoms with Crippen molar-refractivity contribution in [2.75, 3.05) is 0 Å². The van der Waals surface area contributed by atoms with Crippen molar-refractivity contribution < 1.29 is 23.9 Å². The molecule has 1 spiro atoms. The number of benzene rings is 2. The van der Waals surface area contributed by atoms with Crippen LogP contribution in [0, 0.1) is 19.3 Å². The predicted molar refractivity (Wildman–Crippen MR) is 108 cm³/mol. The smallest absolute Gasteiger partial charge is 0.331 e. The monoisotopic (exact) mass is 408 g/mol. The fourth-order valence-corrected chi connectivity index (χ4v) is 4.10. The molecule has 2 atom stereocenters. The maximum atomic E-state index is 13.5. The lowest BCUT2D eigenvalue weighted by molar-refractivity contribution is -0.257. The summed E-state index contributed by atoms with van der Waals surface area (Å²) in [7, 11) is 0. The van der Waals surface area contributed by atoms with Crippen LogP contribution in [0.4, 0.5) is 4.79 Å². The van der Waals surface area contributed by atoms with Gasteiger partial charge in [0.15, 0.2) is 0 Å². The molecule has 2 fully saturated rings. The number of aryl methyl sites for hydroxylation is 2. The molecule has 0 radical (unpaired) electrons. The third kappa shape index (κ3) is 3.10. The molecule has 2 aromatic carbocycles. The number of esters is 2. The Labute approximate surface area is 174 Å². The minimum atomic E-state index is -1.83. The Hall–Kier alpha value is -3.35. The van der Waals surface area contributed by atoms with Crippen LogP contribution in [0.3, 0.4) is 0 Å². The largest absolute Gasteiger partial charge is 0.422 e. The van der Waals surface area contributed by atoms with Crippen LogP contribution in [0.25, 0.3) is 0 Å². The Kier molecular flexibility index (Phi) is 4.56. The third-order valence-electron chi connectivity index (χ3n) is 5.64. The molecule has 0 bridgehead atoms. The van der Waals surface area contributed by atoms with Gasteiger partial charge in [0.2, 0.25) is 5.41 Å². The Morgan fingerprint density at radius 1 is 0.700 bits per heavy atom. The molecular weight excluding hydrogens is 384 g/mol. The second-order valence-electron chi connectivity index (χ2n) is 8.35. The molecule has 0 aromatic heterocycles. The standard InChI is InChI=1S/C23H24N2O5/c1-13-5-9-15(10-6-13)17-23(19(26)29-22(3,4)30-20(23)27)18(25-21(28)24-17)16-11-7-14(2)8-12-16/h5-12,17-18H,1-4H3,(H2,24,25,28)/t17-,18+. The zero-order valence-corrected chi connectivity index (χ0v) is 17.3. The van der Waals surface area contributed by atoms with Crippen molar-refractivity contribution in [1.29, 1.82) is 0 Å². The highest BCUT2D eigenvalue weighted by atomic mass is 16.7. The molecule has 0 aliphatic carbocycles. The first kappa shape index (κ1) is 19.9. The molecule has 2 aromatic rings. The van der Waals surface area contributed by atoms with Crippen LogP contribution >= 0.6 is 0 Å². The summed E-state index contributed by atoms with van der Waals surface area (Å²) in [5.74, 6) is -2.88. The summed E-state index contributed by atoms with van der Waals surface area (Å²) in [6.07, 6.45) is 0. The van der Waals surface area contributed by atoms with E-state index in [0.29, 0.717) is 11.1 Å². The van der Waals surface area contributed by atoms with Crippen LogP contribution in [0.15, 0.2) is 48.5 Å². The molecule has 4 rings (SSSR count). The van der Waals surface area contributed by atoms with E-state index >= 15 is 0 Å². The van der Waals surface area contributed by atoms with E-state index in [1.807, 2.05) is 38.1 Å². The Morgan fingerprint density at radius 3 is 1.43 bits per heavy atom. The van der Waals surface area contributed by atoms with Gasteiger partial charge in [0, 0.05) is 13.8 Å². The van der Waals surface area contributed by atoms with Gasteiger partial charge in [-0.15, -0.1) is 0 Å². The molecule has 2 amide bonds. The zero-order chi connectivity index (χ0) is 21.7. The first-order chi connectivity index (χ1) is 14.1. The van der Waals surface area contributed by atoms with Crippen molar-refractivity contribution in [3.05, 3.63) is 70.8 Å². The number of carbonyl (C=O) groups is 3. The van der Waals surface area contributed by atoms with Crippen molar-refractivity contribution >= 4 is 18.0 Å². The van der Waals surface area contributed by atoms with E-state index in [4.69, 9.17) is 9.47 Å². The van der Waals surface area contributed by atoms with E-state index in [9.17, 15) is 14.4 Å². The fraction of sp³-hybridized carbons (Fsp3) is 0.348. The van der Waals surface area contributed by atoms with Gasteiger partial charge in [0.1, 0.15) is 0 Å². The molecule has 2 aliphatic heterocycles. The minimum Gasteiger partial charge on any atom is -0.422 e. The topological polar surface area (TPSA) is 93.7 Å². The number of nitrogens with one attached hydrogen (secondary N) is 2. The maximum absolute atomic E-state index is 13.5. The number of cyclic esters (lactones) is 2. The van der Waals surface area contributed by atoms with Crippen molar-refractivity contribution in [2.24, 2.45) is 5.41 Å². The molecule has 0 unspecified atom stereocenters. The Morgan fingerprint density at radius 2 is 1.07 bits per heavy atom. The normalized spacial score (nSPS) is 24.5. The molecule has 30 heavy (non-hydrogen) atoms. The average molecular weight is 408 g/mol. The van der Waals surface area contributed by atoms with Crippen LogP contribution in [-0.2, 0) is 19.1 Å². The molecule has 0 saturated carbocycles. The van der Waals surface area contributed by atoms with Crippen molar-refractivity contribution in [1.82, 2.24) is 10.6 Å². The van der Waals surface area contributed by atoms with Gasteiger partial charge >= 0.3 is 18.0 Å². The number of rotatable bonds is 2. The van der Waals surface area contributed by atoms with Gasteiger partial charge < -0.3 is 20.1 Å². The van der Waals surface area contributed by atoms with Crippen molar-refractivity contribution in [3.8, 4) is 0 Å². The zero-order valence-electron chi connectivity index (χ0n) is 17.3. The van der Waals surface area contributed by atoms with E-state index in [1.54, 1.807) is 24.3 Å². The summed E-state index contributed by atoms with van der Waals surface area (Å²) in [5, 5.41) is 5.52. The fourth-order valence-electron chi connectivity index (χ4n) is 4.10. The highest BCUT2D eigenvalue weighted by Gasteiger charge is 2.68. The lowest BCUT2D eigenvalue weighted by Crippen LogP contribution is -2.68. The number of ether oxygens (including phenoxy) is 2. The first-order valence-electron chi connectivity index (χ1n) is 9.80. The summed E-state index contributed by atoms with van der Waals surface area (Å²) in [4.78, 5) is 39.6. The Bertz CT molecular complexity index is 931. The van der Waals surface area contributed by atoms with Gasteiger partial charge in [-0.3, -0.25) is 9.59 Å². The maximum Gasteiger partial charge on any atom is 0.331 e. The Balaban J connectivity index is 1.93. The van der Waals surface area contributed by atoms with Crippen LogP contribution in [0.1, 0.15) is 48.2 Å². The first-order valence-corrected chi connectivity index (χ1v) is 9.80. The number of amides is 2. The van der Waals surface area contributed by atoms with Gasteiger partial charge in [-0.2, -0.15) is 0 Å². The lowest BCUT2D eigenvalue weighted by atomic mass is 9.67. The van der Waals surface area contributed by atoms with E-state index < -0.39 is 41.3 Å². The van der Waals surface area contributed by atoms with Crippen molar-refractivity contribution in [2.45, 2.75) is 45.6 Å². The molecule has 156 valence electrons. The van der Waals surface area contributed by atoms with E-state index in [0.717, 1.165) is 11.1 Å². The highest BCUT2D eigenvalue weighted by molar-refractivity contribution is 6.05. The van der Waals surface area contributed by atoms with Gasteiger partial charge in [-0.1, -0.05) is 59.7 Å². The van der Waals surface area contributed by atoms with Gasteiger partial charge in [0.25, 0.3) is 5.79 Å². The SMILES string of the molecule is Cc1ccc([C@H]2NC(=O)N[C@@H](c3ccc(C)cc3)C23C(=O)OC(C)(C)OC3=O)cc1. The average Bonchev–Trinajstić information content (AvgIpc) is 2.66. The number of hydrogen-bond acceptors (Lipinski definition) is 5. The number of urea groups is 1. The molecule has 7 heteroatoms. The van der Waals surface area contributed by atoms with Crippen LogP contribution in [0.5, 0.6) is 0 Å². The van der Waals surface area contributed by atoms with Gasteiger partial charge in [-0.25, -0.2) is 4.79 Å². The minimum absolute atomic E-state index is 0.484. The molecule has 2 aliphatic rings. The van der Waals surface area contributed by atoms with Gasteiger partial charge in [0.05, 0.1) is 12.1 Å². The van der Waals surface area contributed by atoms with Gasteiger partial charge in [-0.05, 0) is 25.0 Å². The summed E-state index contributed by atoms with van der Waals surface area (Å²) < 4.78 is 11.1. The summed E-state index contributed by atoms with van der Waals surface area (Å²) in [5.41, 5.74) is 1.42. The molecule has 2 N–H and O–H groups in total. The van der Waals surface area contributed by atoms with E-state index in [-0.39, 0.29) is 0 Å². The van der Waals surface area contributed by atoms with Crippen molar-refractivity contribution in [3.63, 3.8) is 0 Å². The van der Waals surface area contributed by atoms with Crippen LogP contribution < -0.4 is 10.6 Å². The summed E-state index contributed by atoms with van der Waals surface area (Å²) in [6, 6.07) is 12.2. The number of hydrogen-bond donors (Lipinski definition) is 2. The third-order valence-corrected chi connectivity index (χ3v) is 5.64. The highest BCUT2D eigenvalue weighted by Crippen LogP contribution is 2.51. The predicted octanol–water partition coefficient (Wildman–Crippen LogP) is 3.22. The second kappa shape index (κ2) is 6.86. The molecule has 7 nitrogen and oxygen atoms in total. The number of carbonyl (C=O) groups excluding carboxylic acids is 3. The molecule has 2 heterocycles. The quantitative estimate of drug-likeness (QED) is 0.588. The van der Waals surface area contributed by atoms with E-state index in [1.165, 1.54) is 13.8 Å². The second-order valence-corrected chi connectivity index (χ2v) is 8.35. The molecule has 2 saturated heterocycles. The van der Waals surface area contributed by atoms with E-state index in [2.05, 4.69) is 10.6 Å². The van der Waals surface area contributed by atoms with Crippen LogP contribution in [-0.4, -0.2) is 23.8 Å². The lowest BCUT2D eigenvalue weighted by Gasteiger charge is -2.50.